The first-order valence-electron chi connectivity index (χ1n) is 7.38. The zero-order chi connectivity index (χ0) is 13.4. The van der Waals surface area contributed by atoms with Gasteiger partial charge in [0.15, 0.2) is 0 Å². The molecular formula is C18H19NO. The minimum absolute atomic E-state index is 0.642. The van der Waals surface area contributed by atoms with E-state index in [1.807, 2.05) is 0 Å². The highest BCUT2D eigenvalue weighted by molar-refractivity contribution is 5.39. The van der Waals surface area contributed by atoms with Crippen LogP contribution >= 0.6 is 0 Å². The lowest BCUT2D eigenvalue weighted by atomic mass is 9.87. The molecule has 2 unspecified atom stereocenters. The minimum Gasteiger partial charge on any atom is -0.493 e. The summed E-state index contributed by atoms with van der Waals surface area (Å²) in [5.41, 5.74) is 2.81. The summed E-state index contributed by atoms with van der Waals surface area (Å²) in [5, 5.41) is 0. The molecule has 0 radical (unpaired) electrons. The summed E-state index contributed by atoms with van der Waals surface area (Å²) in [6, 6.07) is 19.3. The van der Waals surface area contributed by atoms with Gasteiger partial charge in [-0.05, 0) is 17.2 Å². The van der Waals surface area contributed by atoms with Gasteiger partial charge in [-0.15, -0.1) is 0 Å². The summed E-state index contributed by atoms with van der Waals surface area (Å²) in [6.45, 7) is 4.22. The van der Waals surface area contributed by atoms with Crippen LogP contribution < -0.4 is 4.74 Å². The molecule has 4 rings (SSSR count). The second-order valence-electron chi connectivity index (χ2n) is 5.90. The molecule has 0 bridgehead atoms. The van der Waals surface area contributed by atoms with E-state index < -0.39 is 0 Å². The highest BCUT2D eigenvalue weighted by Gasteiger charge is 2.38. The van der Waals surface area contributed by atoms with Crippen LogP contribution in [0.3, 0.4) is 0 Å². The van der Waals surface area contributed by atoms with E-state index in [9.17, 15) is 0 Å². The highest BCUT2D eigenvalue weighted by Crippen LogP contribution is 2.41. The second kappa shape index (κ2) is 4.95. The molecule has 0 spiro atoms. The van der Waals surface area contributed by atoms with Crippen LogP contribution in [0.1, 0.15) is 17.0 Å². The monoisotopic (exact) mass is 265 g/mol. The van der Waals surface area contributed by atoms with Crippen LogP contribution in [0.25, 0.3) is 0 Å². The molecular weight excluding hydrogens is 246 g/mol. The number of hydrogen-bond acceptors (Lipinski definition) is 2. The second-order valence-corrected chi connectivity index (χ2v) is 5.90. The van der Waals surface area contributed by atoms with Crippen molar-refractivity contribution in [1.29, 1.82) is 0 Å². The van der Waals surface area contributed by atoms with Crippen LogP contribution in [0.4, 0.5) is 0 Å². The van der Waals surface area contributed by atoms with Crippen LogP contribution in [0.2, 0.25) is 0 Å². The molecule has 1 saturated heterocycles. The first-order chi connectivity index (χ1) is 9.90. The number of nitrogens with zero attached hydrogens (tertiary/aromatic N) is 1. The largest absolute Gasteiger partial charge is 0.493 e. The lowest BCUT2D eigenvalue weighted by Gasteiger charge is -2.27. The van der Waals surface area contributed by atoms with E-state index in [1.165, 1.54) is 11.1 Å². The van der Waals surface area contributed by atoms with E-state index in [4.69, 9.17) is 4.74 Å². The van der Waals surface area contributed by atoms with Gasteiger partial charge in [-0.25, -0.2) is 0 Å². The van der Waals surface area contributed by atoms with Crippen molar-refractivity contribution in [1.82, 2.24) is 4.90 Å². The molecule has 2 heterocycles. The van der Waals surface area contributed by atoms with E-state index >= 15 is 0 Å². The first kappa shape index (κ1) is 12.0. The van der Waals surface area contributed by atoms with Crippen molar-refractivity contribution in [2.24, 2.45) is 5.92 Å². The molecule has 2 aromatic rings. The SMILES string of the molecule is c1ccc(CN2CC3COc4ccccc4C3C2)cc1. The van der Waals surface area contributed by atoms with Crippen molar-refractivity contribution >= 4 is 0 Å². The molecule has 2 heteroatoms. The Morgan fingerprint density at radius 1 is 0.950 bits per heavy atom. The van der Waals surface area contributed by atoms with Crippen LogP contribution in [0, 0.1) is 5.92 Å². The molecule has 1 fully saturated rings. The van der Waals surface area contributed by atoms with E-state index in [-0.39, 0.29) is 0 Å². The van der Waals surface area contributed by atoms with Gasteiger partial charge in [-0.2, -0.15) is 0 Å². The van der Waals surface area contributed by atoms with Gasteiger partial charge in [0.2, 0.25) is 0 Å². The maximum atomic E-state index is 5.91. The number of benzene rings is 2. The van der Waals surface area contributed by atoms with Crippen LogP contribution in [0.15, 0.2) is 54.6 Å². The summed E-state index contributed by atoms with van der Waals surface area (Å²) in [6.07, 6.45) is 0. The van der Waals surface area contributed by atoms with E-state index in [0.717, 1.165) is 32.0 Å². The molecule has 0 aromatic heterocycles. The number of ether oxygens (including phenoxy) is 1. The molecule has 2 aliphatic rings. The van der Waals surface area contributed by atoms with Gasteiger partial charge in [0.05, 0.1) is 6.61 Å². The third-order valence-electron chi connectivity index (χ3n) is 4.54. The molecule has 2 atom stereocenters. The normalized spacial score (nSPS) is 24.8. The Labute approximate surface area is 120 Å². The van der Waals surface area contributed by atoms with Crippen molar-refractivity contribution in [3.8, 4) is 5.75 Å². The lowest BCUT2D eigenvalue weighted by molar-refractivity contribution is 0.212. The Bertz CT molecular complexity index is 595. The lowest BCUT2D eigenvalue weighted by Crippen LogP contribution is -2.24. The standard InChI is InChI=1S/C18H19NO/c1-2-6-14(7-3-1)10-19-11-15-13-20-18-9-5-4-8-16(18)17(15)12-19/h1-9,15,17H,10-13H2. The van der Waals surface area contributed by atoms with Gasteiger partial charge in [0, 0.05) is 31.5 Å². The number of likely N-dealkylation sites (tertiary alicyclic amines) is 1. The molecule has 0 aliphatic carbocycles. The van der Waals surface area contributed by atoms with Gasteiger partial charge in [0.1, 0.15) is 5.75 Å². The van der Waals surface area contributed by atoms with Crippen LogP contribution in [-0.4, -0.2) is 24.6 Å². The van der Waals surface area contributed by atoms with Crippen molar-refractivity contribution in [3.63, 3.8) is 0 Å². The van der Waals surface area contributed by atoms with Crippen molar-refractivity contribution < 1.29 is 4.74 Å². The Kier molecular flexibility index (Phi) is 2.96. The number of rotatable bonds is 2. The molecule has 2 aliphatic heterocycles. The maximum absolute atomic E-state index is 5.91. The molecule has 20 heavy (non-hydrogen) atoms. The van der Waals surface area contributed by atoms with E-state index in [1.54, 1.807) is 0 Å². The fraction of sp³-hybridized carbons (Fsp3) is 0.333. The van der Waals surface area contributed by atoms with E-state index in [0.29, 0.717) is 11.8 Å². The zero-order valence-electron chi connectivity index (χ0n) is 11.5. The van der Waals surface area contributed by atoms with Gasteiger partial charge >= 0.3 is 0 Å². The Balaban J connectivity index is 1.53. The summed E-state index contributed by atoms with van der Waals surface area (Å²) in [7, 11) is 0. The number of hydrogen-bond donors (Lipinski definition) is 0. The fourth-order valence-electron chi connectivity index (χ4n) is 3.57. The Hall–Kier alpha value is -1.80. The summed E-state index contributed by atoms with van der Waals surface area (Å²) >= 11 is 0. The maximum Gasteiger partial charge on any atom is 0.122 e. The third kappa shape index (κ3) is 2.10. The summed E-state index contributed by atoms with van der Waals surface area (Å²) in [4.78, 5) is 2.57. The topological polar surface area (TPSA) is 12.5 Å². The minimum atomic E-state index is 0.642. The smallest absolute Gasteiger partial charge is 0.122 e. The predicted molar refractivity (Wildman–Crippen MR) is 79.9 cm³/mol. The molecule has 2 nitrogen and oxygen atoms in total. The first-order valence-corrected chi connectivity index (χ1v) is 7.38. The average molecular weight is 265 g/mol. The molecule has 0 amide bonds. The Morgan fingerprint density at radius 3 is 2.65 bits per heavy atom. The van der Waals surface area contributed by atoms with Crippen LogP contribution in [0.5, 0.6) is 5.75 Å². The summed E-state index contributed by atoms with van der Waals surface area (Å²) in [5.74, 6) is 2.38. The van der Waals surface area contributed by atoms with Crippen LogP contribution in [-0.2, 0) is 6.54 Å². The molecule has 102 valence electrons. The number of fused-ring (bicyclic) bond motifs is 3. The van der Waals surface area contributed by atoms with E-state index in [2.05, 4.69) is 59.5 Å². The van der Waals surface area contributed by atoms with Crippen molar-refractivity contribution in [3.05, 3.63) is 65.7 Å². The zero-order valence-corrected chi connectivity index (χ0v) is 11.5. The fourth-order valence-corrected chi connectivity index (χ4v) is 3.57. The third-order valence-corrected chi connectivity index (χ3v) is 4.54. The van der Waals surface area contributed by atoms with Crippen molar-refractivity contribution in [2.45, 2.75) is 12.5 Å². The highest BCUT2D eigenvalue weighted by atomic mass is 16.5. The van der Waals surface area contributed by atoms with Gasteiger partial charge in [-0.3, -0.25) is 4.90 Å². The van der Waals surface area contributed by atoms with Gasteiger partial charge in [-0.1, -0.05) is 48.5 Å². The van der Waals surface area contributed by atoms with Gasteiger partial charge < -0.3 is 4.74 Å². The molecule has 0 N–H and O–H groups in total. The average Bonchev–Trinajstić information content (AvgIpc) is 2.91. The number of para-hydroxylation sites is 1. The predicted octanol–water partition coefficient (Wildman–Crippen LogP) is 3.29. The van der Waals surface area contributed by atoms with Crippen molar-refractivity contribution in [2.75, 3.05) is 19.7 Å². The summed E-state index contributed by atoms with van der Waals surface area (Å²) < 4.78 is 5.91. The molecule has 2 aromatic carbocycles. The molecule has 0 saturated carbocycles. The quantitative estimate of drug-likeness (QED) is 0.826. The Morgan fingerprint density at radius 2 is 1.75 bits per heavy atom. The van der Waals surface area contributed by atoms with Gasteiger partial charge in [0.25, 0.3) is 0 Å².